The molecule has 2 aromatic carbocycles. The standard InChI is InChI=1S/C24H20F4N4O3/c1-32(24(34)19-5-11-4-14(25)17(28)8-18(11)30-19)21-10-35-9-20-22(21)12-6-15(26)16(27)7-13(12)23(31-20)29-2-3-33/h4-8,21,30,33H,2-3,9-10H2,1H3,(H,29,31)/t21-/m0/s1. The molecule has 0 bridgehead atoms. The molecular formula is C24H20F4N4O3. The van der Waals surface area contributed by atoms with Crippen molar-refractivity contribution in [3.8, 4) is 0 Å². The van der Waals surface area contributed by atoms with E-state index >= 15 is 0 Å². The molecule has 182 valence electrons. The Balaban J connectivity index is 1.59. The normalized spacial score (nSPS) is 15.4. The first-order chi connectivity index (χ1) is 16.8. The van der Waals surface area contributed by atoms with Crippen molar-refractivity contribution in [2.45, 2.75) is 12.6 Å². The molecule has 5 rings (SSSR count). The predicted molar refractivity (Wildman–Crippen MR) is 120 cm³/mol. The highest BCUT2D eigenvalue weighted by Gasteiger charge is 2.32. The van der Waals surface area contributed by atoms with Crippen molar-refractivity contribution in [2.24, 2.45) is 0 Å². The van der Waals surface area contributed by atoms with Gasteiger partial charge in [-0.05, 0) is 29.7 Å². The van der Waals surface area contributed by atoms with Crippen LogP contribution in [-0.4, -0.2) is 52.7 Å². The Morgan fingerprint density at radius 3 is 2.54 bits per heavy atom. The van der Waals surface area contributed by atoms with Crippen LogP contribution in [0.3, 0.4) is 0 Å². The number of aliphatic hydroxyl groups is 1. The molecule has 2 aromatic heterocycles. The van der Waals surface area contributed by atoms with Gasteiger partial charge in [0.05, 0.1) is 31.6 Å². The van der Waals surface area contributed by atoms with Gasteiger partial charge in [-0.2, -0.15) is 0 Å². The smallest absolute Gasteiger partial charge is 0.270 e. The summed E-state index contributed by atoms with van der Waals surface area (Å²) < 4.78 is 61.3. The minimum absolute atomic E-state index is 0.0674. The second-order valence-electron chi connectivity index (χ2n) is 8.27. The van der Waals surface area contributed by atoms with Crippen molar-refractivity contribution in [3.63, 3.8) is 0 Å². The van der Waals surface area contributed by atoms with E-state index in [2.05, 4.69) is 15.3 Å². The minimum Gasteiger partial charge on any atom is -0.395 e. The fourth-order valence-electron chi connectivity index (χ4n) is 4.40. The number of ether oxygens (including phenoxy) is 1. The van der Waals surface area contributed by atoms with Gasteiger partial charge in [0.1, 0.15) is 11.5 Å². The second kappa shape index (κ2) is 8.82. The number of likely N-dealkylation sites (N-methyl/N-ethyl adjacent to an activating group) is 1. The van der Waals surface area contributed by atoms with Crippen LogP contribution in [0.25, 0.3) is 21.7 Å². The molecule has 4 aromatic rings. The van der Waals surface area contributed by atoms with E-state index in [0.717, 1.165) is 24.3 Å². The molecule has 0 saturated heterocycles. The third kappa shape index (κ3) is 3.96. The molecule has 0 saturated carbocycles. The van der Waals surface area contributed by atoms with Crippen LogP contribution in [0.4, 0.5) is 23.4 Å². The molecule has 0 fully saturated rings. The highest BCUT2D eigenvalue weighted by molar-refractivity contribution is 5.99. The Hall–Kier alpha value is -3.70. The van der Waals surface area contributed by atoms with Gasteiger partial charge in [0.25, 0.3) is 5.91 Å². The summed E-state index contributed by atoms with van der Waals surface area (Å²) in [5.74, 6) is -4.43. The van der Waals surface area contributed by atoms with Gasteiger partial charge in [-0.3, -0.25) is 4.79 Å². The third-order valence-corrected chi connectivity index (χ3v) is 6.10. The van der Waals surface area contributed by atoms with Crippen molar-refractivity contribution in [2.75, 3.05) is 32.1 Å². The van der Waals surface area contributed by atoms with E-state index in [9.17, 15) is 22.4 Å². The Labute approximate surface area is 196 Å². The Bertz CT molecular complexity index is 1430. The molecule has 1 atom stereocenters. The van der Waals surface area contributed by atoms with Gasteiger partial charge in [-0.15, -0.1) is 0 Å². The Kier molecular flexibility index (Phi) is 5.81. The lowest BCUT2D eigenvalue weighted by Crippen LogP contribution is -2.37. The molecule has 3 heterocycles. The number of aromatic nitrogens is 2. The maximum Gasteiger partial charge on any atom is 0.270 e. The summed E-state index contributed by atoms with van der Waals surface area (Å²) in [5, 5.41) is 13.0. The summed E-state index contributed by atoms with van der Waals surface area (Å²) in [4.78, 5) is 22.0. The van der Waals surface area contributed by atoms with Crippen molar-refractivity contribution >= 4 is 33.4 Å². The first-order valence-corrected chi connectivity index (χ1v) is 10.8. The summed E-state index contributed by atoms with van der Waals surface area (Å²) in [5.41, 5.74) is 1.28. The summed E-state index contributed by atoms with van der Waals surface area (Å²) in [7, 11) is 1.52. The first-order valence-electron chi connectivity index (χ1n) is 10.8. The van der Waals surface area contributed by atoms with Gasteiger partial charge in [-0.25, -0.2) is 22.5 Å². The number of halogens is 4. The van der Waals surface area contributed by atoms with Crippen LogP contribution in [0.15, 0.2) is 30.3 Å². The molecule has 3 N–H and O–H groups in total. The van der Waals surface area contributed by atoms with Crippen molar-refractivity contribution in [1.82, 2.24) is 14.9 Å². The molecule has 11 heteroatoms. The largest absolute Gasteiger partial charge is 0.395 e. The van der Waals surface area contributed by atoms with Crippen molar-refractivity contribution in [1.29, 1.82) is 0 Å². The van der Waals surface area contributed by atoms with Crippen LogP contribution in [0.5, 0.6) is 0 Å². The number of amides is 1. The van der Waals surface area contributed by atoms with E-state index in [-0.39, 0.29) is 43.4 Å². The third-order valence-electron chi connectivity index (χ3n) is 6.10. The molecule has 0 radical (unpaired) electrons. The molecule has 0 spiro atoms. The number of rotatable bonds is 5. The number of anilines is 1. The molecule has 1 amide bonds. The van der Waals surface area contributed by atoms with Crippen LogP contribution >= 0.6 is 0 Å². The molecule has 0 unspecified atom stereocenters. The molecule has 7 nitrogen and oxygen atoms in total. The zero-order valence-corrected chi connectivity index (χ0v) is 18.5. The number of hydrogen-bond acceptors (Lipinski definition) is 5. The SMILES string of the molecule is CN(C(=O)c1cc2cc(F)c(F)cc2[nH]1)[C@H]1COCc2nc(NCCO)c3cc(F)c(F)cc3c21. The van der Waals surface area contributed by atoms with Gasteiger partial charge in [0, 0.05) is 41.5 Å². The number of carbonyl (C=O) groups is 1. The van der Waals surface area contributed by atoms with Crippen LogP contribution in [-0.2, 0) is 11.3 Å². The first kappa shape index (κ1) is 23.1. The fraction of sp³-hybridized carbons (Fsp3) is 0.250. The van der Waals surface area contributed by atoms with Gasteiger partial charge < -0.3 is 25.0 Å². The summed E-state index contributed by atoms with van der Waals surface area (Å²) in [6.45, 7) is 0.0994. The average Bonchev–Trinajstić information content (AvgIpc) is 3.25. The lowest BCUT2D eigenvalue weighted by Gasteiger charge is -2.34. The second-order valence-corrected chi connectivity index (χ2v) is 8.27. The number of benzene rings is 2. The van der Waals surface area contributed by atoms with E-state index in [0.29, 0.717) is 27.4 Å². The van der Waals surface area contributed by atoms with Gasteiger partial charge in [0.2, 0.25) is 0 Å². The molecular weight excluding hydrogens is 468 g/mol. The van der Waals surface area contributed by atoms with E-state index in [1.54, 1.807) is 0 Å². The minimum atomic E-state index is -1.06. The number of aliphatic hydroxyl groups excluding tert-OH is 1. The van der Waals surface area contributed by atoms with Gasteiger partial charge in [-0.1, -0.05) is 0 Å². The van der Waals surface area contributed by atoms with Crippen LogP contribution in [0.2, 0.25) is 0 Å². The fourth-order valence-corrected chi connectivity index (χ4v) is 4.40. The van der Waals surface area contributed by atoms with Gasteiger partial charge in [0.15, 0.2) is 23.3 Å². The predicted octanol–water partition coefficient (Wildman–Crippen LogP) is 4.02. The summed E-state index contributed by atoms with van der Waals surface area (Å²) >= 11 is 0. The van der Waals surface area contributed by atoms with Gasteiger partial charge >= 0.3 is 0 Å². The quantitative estimate of drug-likeness (QED) is 0.369. The van der Waals surface area contributed by atoms with E-state index in [1.165, 1.54) is 18.0 Å². The molecule has 35 heavy (non-hydrogen) atoms. The average molecular weight is 488 g/mol. The van der Waals surface area contributed by atoms with E-state index in [4.69, 9.17) is 9.84 Å². The van der Waals surface area contributed by atoms with E-state index < -0.39 is 35.2 Å². The number of pyridine rings is 1. The number of nitrogens with zero attached hydrogens (tertiary/aromatic N) is 2. The molecule has 1 aliphatic rings. The Morgan fingerprint density at radius 1 is 1.11 bits per heavy atom. The lowest BCUT2D eigenvalue weighted by atomic mass is 9.94. The number of aromatic amines is 1. The van der Waals surface area contributed by atoms with Crippen molar-refractivity contribution < 1.29 is 32.2 Å². The number of fused-ring (bicyclic) bond motifs is 4. The summed E-state index contributed by atoms with van der Waals surface area (Å²) in [6.07, 6.45) is 0. The maximum absolute atomic E-state index is 14.3. The monoisotopic (exact) mass is 488 g/mol. The van der Waals surface area contributed by atoms with Crippen LogP contribution in [0, 0.1) is 23.3 Å². The molecule has 0 aliphatic carbocycles. The maximum atomic E-state index is 14.3. The van der Waals surface area contributed by atoms with E-state index in [1.807, 2.05) is 0 Å². The van der Waals surface area contributed by atoms with Crippen molar-refractivity contribution in [3.05, 3.63) is 70.6 Å². The topological polar surface area (TPSA) is 90.5 Å². The number of hydrogen-bond donors (Lipinski definition) is 3. The Morgan fingerprint density at radius 2 is 1.80 bits per heavy atom. The number of nitrogens with one attached hydrogen (secondary N) is 2. The lowest BCUT2D eigenvalue weighted by molar-refractivity contribution is 0.0334. The summed E-state index contributed by atoms with van der Waals surface area (Å²) in [6, 6.07) is 4.74. The molecule has 1 aliphatic heterocycles. The number of carbonyl (C=O) groups excluding carboxylic acids is 1. The van der Waals surface area contributed by atoms with Crippen LogP contribution in [0.1, 0.15) is 27.8 Å². The van der Waals surface area contributed by atoms with Crippen LogP contribution < -0.4 is 5.32 Å². The number of H-pyrrole nitrogens is 1. The highest BCUT2D eigenvalue weighted by atomic mass is 19.2. The zero-order valence-electron chi connectivity index (χ0n) is 18.5. The zero-order chi connectivity index (χ0) is 24.9. The highest BCUT2D eigenvalue weighted by Crippen LogP contribution is 2.38.